The van der Waals surface area contributed by atoms with Crippen molar-refractivity contribution in [2.45, 2.75) is 19.4 Å². The molecule has 0 spiro atoms. The van der Waals surface area contributed by atoms with E-state index in [4.69, 9.17) is 41.2 Å². The molecule has 6 heteroatoms. The minimum absolute atomic E-state index is 0.0861. The van der Waals surface area contributed by atoms with Gasteiger partial charge < -0.3 is 5.32 Å². The minimum atomic E-state index is -0.806. The van der Waals surface area contributed by atoms with E-state index in [1.54, 1.807) is 13.8 Å². The van der Waals surface area contributed by atoms with E-state index in [1.807, 2.05) is 0 Å². The number of ketones is 1. The van der Waals surface area contributed by atoms with Crippen molar-refractivity contribution < 1.29 is 9.59 Å². The molecule has 1 rings (SSSR count). The lowest BCUT2D eigenvalue weighted by molar-refractivity contribution is -0.117. The largest absolute Gasteiger partial charge is 0.337 e. The van der Waals surface area contributed by atoms with E-state index < -0.39 is 17.2 Å². The fraction of sp³-hybridized carbons (Fsp3) is 0.200. The van der Waals surface area contributed by atoms with E-state index in [9.17, 15) is 9.59 Å². The molecule has 1 aromatic carbocycles. The smallest absolute Gasteiger partial charge is 0.245 e. The second kappa shape index (κ2) is 7.00. The third-order valence-corrected chi connectivity index (χ3v) is 3.25. The maximum Gasteiger partial charge on any atom is 0.245 e. The number of allylic oxidation sites excluding steroid dienone is 1. The molecule has 0 aliphatic rings. The predicted octanol–water partition coefficient (Wildman–Crippen LogP) is 3.91. The van der Waals surface area contributed by atoms with E-state index in [0.717, 1.165) is 12.2 Å². The Morgan fingerprint density at radius 1 is 1.19 bits per heavy atom. The Hall–Kier alpha value is -1.47. The van der Waals surface area contributed by atoms with Gasteiger partial charge in [0.1, 0.15) is 0 Å². The summed E-state index contributed by atoms with van der Waals surface area (Å²) >= 11 is 17.6. The molecule has 110 valence electrons. The summed E-state index contributed by atoms with van der Waals surface area (Å²) in [5.74, 6) is 1.41. The molecular weight excluding hydrogens is 333 g/mol. The molecule has 1 amide bonds. The van der Waals surface area contributed by atoms with Gasteiger partial charge in [0.05, 0.1) is 21.1 Å². The number of hydrogen-bond donors (Lipinski definition) is 1. The fourth-order valence-corrected chi connectivity index (χ4v) is 2.40. The van der Waals surface area contributed by atoms with Crippen LogP contribution < -0.4 is 5.32 Å². The van der Waals surface area contributed by atoms with Crippen LogP contribution in [0.1, 0.15) is 24.2 Å². The van der Waals surface area contributed by atoms with Crippen LogP contribution in [0.2, 0.25) is 15.1 Å². The third-order valence-electron chi connectivity index (χ3n) is 2.44. The van der Waals surface area contributed by atoms with Crippen LogP contribution in [-0.2, 0) is 4.79 Å². The number of nitrogens with one attached hydrogen (secondary N) is 1. The first kappa shape index (κ1) is 17.6. The second-order valence-corrected chi connectivity index (χ2v) is 5.95. The first-order valence-corrected chi connectivity index (χ1v) is 6.96. The molecule has 0 bridgehead atoms. The summed E-state index contributed by atoms with van der Waals surface area (Å²) in [5.41, 5.74) is -0.719. The number of hydrogen-bond acceptors (Lipinski definition) is 2. The van der Waals surface area contributed by atoms with Gasteiger partial charge in [-0.15, -0.1) is 6.42 Å². The highest BCUT2D eigenvalue weighted by molar-refractivity contribution is 6.42. The van der Waals surface area contributed by atoms with E-state index >= 15 is 0 Å². The van der Waals surface area contributed by atoms with Crippen molar-refractivity contribution >= 4 is 46.5 Å². The minimum Gasteiger partial charge on any atom is -0.337 e. The Kier molecular flexibility index (Phi) is 5.86. The van der Waals surface area contributed by atoms with Gasteiger partial charge in [0.25, 0.3) is 0 Å². The highest BCUT2D eigenvalue weighted by atomic mass is 35.5. The average molecular weight is 345 g/mol. The summed E-state index contributed by atoms with van der Waals surface area (Å²) in [6.07, 6.45) is 7.40. The van der Waals surface area contributed by atoms with Crippen LogP contribution in [0.5, 0.6) is 0 Å². The SMILES string of the molecule is C#CC(C)(C)NC(=O)/C=C/C(=O)c1c(Cl)cc(Cl)cc1Cl. The summed E-state index contributed by atoms with van der Waals surface area (Å²) in [6.45, 7) is 3.32. The number of terminal acetylenes is 1. The molecule has 0 atom stereocenters. The molecule has 0 fully saturated rings. The highest BCUT2D eigenvalue weighted by Crippen LogP contribution is 2.29. The number of benzene rings is 1. The standard InChI is InChI=1S/C15H12Cl3NO2/c1-4-15(2,3)19-13(21)6-5-12(20)14-10(17)7-9(16)8-11(14)18/h1,5-8H,2-3H3,(H,19,21)/b6-5+. The number of carbonyl (C=O) groups is 2. The predicted molar refractivity (Wildman–Crippen MR) is 86.0 cm³/mol. The van der Waals surface area contributed by atoms with Gasteiger partial charge in [-0.05, 0) is 32.1 Å². The van der Waals surface area contributed by atoms with Gasteiger partial charge >= 0.3 is 0 Å². The molecule has 0 radical (unpaired) electrons. The zero-order valence-corrected chi connectivity index (χ0v) is 13.6. The Morgan fingerprint density at radius 2 is 1.71 bits per heavy atom. The van der Waals surface area contributed by atoms with E-state index in [-0.39, 0.29) is 15.6 Å². The summed E-state index contributed by atoms with van der Waals surface area (Å²) in [7, 11) is 0. The number of halogens is 3. The average Bonchev–Trinajstić information content (AvgIpc) is 2.34. The molecule has 1 aromatic rings. The summed E-state index contributed by atoms with van der Waals surface area (Å²) in [6, 6.07) is 2.80. The van der Waals surface area contributed by atoms with Crippen LogP contribution in [-0.4, -0.2) is 17.2 Å². The Balaban J connectivity index is 2.90. The molecule has 0 heterocycles. The van der Waals surface area contributed by atoms with Crippen LogP contribution in [0.4, 0.5) is 0 Å². The zero-order chi connectivity index (χ0) is 16.2. The molecule has 3 nitrogen and oxygen atoms in total. The molecule has 0 unspecified atom stereocenters. The Morgan fingerprint density at radius 3 is 2.19 bits per heavy atom. The molecule has 0 aliphatic carbocycles. The number of amides is 1. The van der Waals surface area contributed by atoms with Crippen LogP contribution >= 0.6 is 34.8 Å². The summed E-state index contributed by atoms with van der Waals surface area (Å²) < 4.78 is 0. The Labute approximate surface area is 138 Å². The lowest BCUT2D eigenvalue weighted by atomic mass is 10.1. The van der Waals surface area contributed by atoms with Crippen LogP contribution in [0.25, 0.3) is 0 Å². The molecule has 1 N–H and O–H groups in total. The van der Waals surface area contributed by atoms with Crippen LogP contribution in [0.15, 0.2) is 24.3 Å². The summed E-state index contributed by atoms with van der Waals surface area (Å²) in [5, 5.41) is 3.10. The monoisotopic (exact) mass is 343 g/mol. The van der Waals surface area contributed by atoms with Gasteiger partial charge in [-0.2, -0.15) is 0 Å². The van der Waals surface area contributed by atoms with Gasteiger partial charge in [0, 0.05) is 11.1 Å². The van der Waals surface area contributed by atoms with Gasteiger partial charge in [-0.3, -0.25) is 9.59 Å². The van der Waals surface area contributed by atoms with Crippen LogP contribution in [0.3, 0.4) is 0 Å². The fourth-order valence-electron chi connectivity index (χ4n) is 1.40. The van der Waals surface area contributed by atoms with E-state index in [1.165, 1.54) is 12.1 Å². The zero-order valence-electron chi connectivity index (χ0n) is 11.3. The molecule has 21 heavy (non-hydrogen) atoms. The maximum atomic E-state index is 12.0. The second-order valence-electron chi connectivity index (χ2n) is 4.70. The van der Waals surface area contributed by atoms with E-state index in [0.29, 0.717) is 5.02 Å². The van der Waals surface area contributed by atoms with Crippen molar-refractivity contribution in [1.82, 2.24) is 5.32 Å². The van der Waals surface area contributed by atoms with Gasteiger partial charge in [0.15, 0.2) is 5.78 Å². The van der Waals surface area contributed by atoms with Crippen molar-refractivity contribution in [2.24, 2.45) is 0 Å². The molecule has 0 aromatic heterocycles. The van der Waals surface area contributed by atoms with Gasteiger partial charge in [-0.25, -0.2) is 0 Å². The molecule has 0 saturated carbocycles. The van der Waals surface area contributed by atoms with Crippen molar-refractivity contribution in [2.75, 3.05) is 0 Å². The first-order chi connectivity index (χ1) is 9.66. The molecule has 0 saturated heterocycles. The van der Waals surface area contributed by atoms with Crippen LogP contribution in [0, 0.1) is 12.3 Å². The van der Waals surface area contributed by atoms with Crippen molar-refractivity contribution in [3.63, 3.8) is 0 Å². The van der Waals surface area contributed by atoms with E-state index in [2.05, 4.69) is 11.2 Å². The first-order valence-electron chi connectivity index (χ1n) is 5.83. The number of carbonyl (C=O) groups excluding carboxylic acids is 2. The van der Waals surface area contributed by atoms with Crippen molar-refractivity contribution in [3.8, 4) is 12.3 Å². The Bertz CT molecular complexity index is 634. The third kappa shape index (κ3) is 5.09. The van der Waals surface area contributed by atoms with Gasteiger partial charge in [0.2, 0.25) is 5.91 Å². The lowest BCUT2D eigenvalue weighted by Crippen LogP contribution is -2.41. The normalized spacial score (nSPS) is 11.2. The van der Waals surface area contributed by atoms with Crippen molar-refractivity contribution in [1.29, 1.82) is 0 Å². The molecular formula is C15H12Cl3NO2. The van der Waals surface area contributed by atoms with Crippen molar-refractivity contribution in [3.05, 3.63) is 44.9 Å². The summed E-state index contributed by atoms with van der Waals surface area (Å²) in [4.78, 5) is 23.7. The molecule has 0 aliphatic heterocycles. The maximum absolute atomic E-state index is 12.0. The topological polar surface area (TPSA) is 46.2 Å². The lowest BCUT2D eigenvalue weighted by Gasteiger charge is -2.17. The van der Waals surface area contributed by atoms with Gasteiger partial charge in [-0.1, -0.05) is 40.7 Å². The quantitative estimate of drug-likeness (QED) is 0.511. The number of rotatable bonds is 4. The highest BCUT2D eigenvalue weighted by Gasteiger charge is 2.17.